The number of hydrogen-bond acceptors (Lipinski definition) is 3. The lowest BCUT2D eigenvalue weighted by Gasteiger charge is -2.30. The zero-order chi connectivity index (χ0) is 20.0. The summed E-state index contributed by atoms with van der Waals surface area (Å²) < 4.78 is 23.9. The predicted octanol–water partition coefficient (Wildman–Crippen LogP) is 4.38. The molecule has 7 heteroatoms. The lowest BCUT2D eigenvalue weighted by atomic mass is 9.79. The summed E-state index contributed by atoms with van der Waals surface area (Å²) in [4.78, 5) is 4.45. The molecule has 0 atom stereocenters. The first-order chi connectivity index (χ1) is 13.6. The van der Waals surface area contributed by atoms with Gasteiger partial charge in [-0.1, -0.05) is 31.0 Å². The first kappa shape index (κ1) is 23.3. The van der Waals surface area contributed by atoms with Crippen molar-refractivity contribution in [1.29, 1.82) is 0 Å². The molecule has 1 fully saturated rings. The first-order valence-corrected chi connectivity index (χ1v) is 9.57. The summed E-state index contributed by atoms with van der Waals surface area (Å²) in [6.07, 6.45) is 4.46. The molecule has 0 heterocycles. The van der Waals surface area contributed by atoms with Gasteiger partial charge in [-0.3, -0.25) is 0 Å². The van der Waals surface area contributed by atoms with E-state index in [1.54, 1.807) is 14.2 Å². The standard InChI is InChI=1S/C22H28FN3O2.HI/c1-27-19-10-5-16(13-20(19)28-2)14-25-21(24)26-15-22(11-3-4-12-22)17-6-8-18(23)9-7-17;/h5-10,13H,3-4,11-12,14-15H2,1-2H3,(H3,24,25,26);1H. The molecule has 0 spiro atoms. The third-order valence-corrected chi connectivity index (χ3v) is 5.51. The monoisotopic (exact) mass is 513 g/mol. The van der Waals surface area contributed by atoms with Crippen LogP contribution in [-0.4, -0.2) is 26.7 Å². The SMILES string of the molecule is COc1ccc(CN=C(N)NCC2(c3ccc(F)cc3)CCCC2)cc1OC.I. The molecule has 3 rings (SSSR count). The van der Waals surface area contributed by atoms with Gasteiger partial charge in [0.25, 0.3) is 0 Å². The van der Waals surface area contributed by atoms with Gasteiger partial charge >= 0.3 is 0 Å². The van der Waals surface area contributed by atoms with Crippen LogP contribution in [-0.2, 0) is 12.0 Å². The van der Waals surface area contributed by atoms with E-state index < -0.39 is 0 Å². The highest BCUT2D eigenvalue weighted by Crippen LogP contribution is 2.40. The van der Waals surface area contributed by atoms with Crippen LogP contribution < -0.4 is 20.5 Å². The Kier molecular flexibility index (Phi) is 8.55. The highest BCUT2D eigenvalue weighted by molar-refractivity contribution is 14.0. The van der Waals surface area contributed by atoms with Crippen LogP contribution in [0.4, 0.5) is 4.39 Å². The third kappa shape index (κ3) is 5.74. The van der Waals surface area contributed by atoms with Crippen molar-refractivity contribution in [2.24, 2.45) is 10.7 Å². The number of hydrogen-bond donors (Lipinski definition) is 2. The third-order valence-electron chi connectivity index (χ3n) is 5.51. The van der Waals surface area contributed by atoms with Crippen LogP contribution in [0.3, 0.4) is 0 Å². The second-order valence-electron chi connectivity index (χ2n) is 7.24. The Morgan fingerprint density at radius 1 is 1.07 bits per heavy atom. The van der Waals surface area contributed by atoms with E-state index in [0.717, 1.165) is 24.0 Å². The summed E-state index contributed by atoms with van der Waals surface area (Å²) in [6.45, 7) is 1.14. The lowest BCUT2D eigenvalue weighted by molar-refractivity contribution is 0.354. The van der Waals surface area contributed by atoms with Crippen molar-refractivity contribution in [1.82, 2.24) is 5.32 Å². The Morgan fingerprint density at radius 3 is 2.34 bits per heavy atom. The van der Waals surface area contributed by atoms with Gasteiger partial charge in [0.05, 0.1) is 20.8 Å². The maximum Gasteiger partial charge on any atom is 0.188 e. The molecule has 0 unspecified atom stereocenters. The van der Waals surface area contributed by atoms with Crippen molar-refractivity contribution in [3.05, 3.63) is 59.4 Å². The van der Waals surface area contributed by atoms with Crippen molar-refractivity contribution in [2.75, 3.05) is 20.8 Å². The van der Waals surface area contributed by atoms with E-state index in [-0.39, 0.29) is 35.2 Å². The summed E-state index contributed by atoms with van der Waals surface area (Å²) >= 11 is 0. The summed E-state index contributed by atoms with van der Waals surface area (Å²) in [6, 6.07) is 12.5. The van der Waals surface area contributed by atoms with Crippen LogP contribution >= 0.6 is 24.0 Å². The number of guanidine groups is 1. The first-order valence-electron chi connectivity index (χ1n) is 9.57. The van der Waals surface area contributed by atoms with Crippen LogP contribution in [0.5, 0.6) is 11.5 Å². The summed E-state index contributed by atoms with van der Waals surface area (Å²) in [5, 5.41) is 3.28. The second kappa shape index (κ2) is 10.7. The summed E-state index contributed by atoms with van der Waals surface area (Å²) in [5.74, 6) is 1.55. The molecule has 1 aliphatic carbocycles. The van der Waals surface area contributed by atoms with Crippen LogP contribution in [0.2, 0.25) is 0 Å². The van der Waals surface area contributed by atoms with Crippen molar-refractivity contribution in [3.63, 3.8) is 0 Å². The number of aliphatic imine (C=N–C) groups is 1. The molecule has 0 aromatic heterocycles. The molecule has 2 aromatic rings. The molecule has 0 amide bonds. The Morgan fingerprint density at radius 2 is 1.72 bits per heavy atom. The van der Waals surface area contributed by atoms with Gasteiger partial charge < -0.3 is 20.5 Å². The average Bonchev–Trinajstić information content (AvgIpc) is 3.21. The average molecular weight is 513 g/mol. The zero-order valence-corrected chi connectivity index (χ0v) is 19.2. The minimum atomic E-state index is -0.208. The van der Waals surface area contributed by atoms with Gasteiger partial charge in [0, 0.05) is 12.0 Å². The molecule has 1 saturated carbocycles. The highest BCUT2D eigenvalue weighted by atomic mass is 127. The van der Waals surface area contributed by atoms with Gasteiger partial charge in [-0.05, 0) is 48.2 Å². The van der Waals surface area contributed by atoms with Gasteiger partial charge in [-0.2, -0.15) is 0 Å². The molecule has 0 saturated heterocycles. The van der Waals surface area contributed by atoms with E-state index in [4.69, 9.17) is 15.2 Å². The Labute approximate surface area is 188 Å². The van der Waals surface area contributed by atoms with E-state index in [1.165, 1.54) is 25.0 Å². The number of nitrogens with zero attached hydrogens (tertiary/aromatic N) is 1. The van der Waals surface area contributed by atoms with E-state index >= 15 is 0 Å². The molecule has 1 aliphatic rings. The molecule has 0 bridgehead atoms. The summed E-state index contributed by atoms with van der Waals surface area (Å²) in [7, 11) is 3.22. The van der Waals surface area contributed by atoms with E-state index in [2.05, 4.69) is 10.3 Å². The van der Waals surface area contributed by atoms with Crippen LogP contribution in [0.25, 0.3) is 0 Å². The van der Waals surface area contributed by atoms with Gasteiger partial charge in [0.2, 0.25) is 0 Å². The minimum absolute atomic E-state index is 0. The van der Waals surface area contributed by atoms with Crippen molar-refractivity contribution in [2.45, 2.75) is 37.6 Å². The van der Waals surface area contributed by atoms with Crippen molar-refractivity contribution >= 4 is 29.9 Å². The van der Waals surface area contributed by atoms with E-state index in [0.29, 0.717) is 30.5 Å². The number of rotatable bonds is 7. The second-order valence-corrected chi connectivity index (χ2v) is 7.24. The largest absolute Gasteiger partial charge is 0.493 e. The molecule has 29 heavy (non-hydrogen) atoms. The normalized spacial score (nSPS) is 15.5. The Hall–Kier alpha value is -2.03. The quantitative estimate of drug-likeness (QED) is 0.328. The lowest BCUT2D eigenvalue weighted by Crippen LogP contribution is -2.42. The smallest absolute Gasteiger partial charge is 0.188 e. The topological polar surface area (TPSA) is 68.9 Å². The van der Waals surface area contributed by atoms with Gasteiger partial charge in [-0.15, -0.1) is 24.0 Å². The molecule has 3 N–H and O–H groups in total. The van der Waals surface area contributed by atoms with Crippen LogP contribution in [0.15, 0.2) is 47.5 Å². The molecular weight excluding hydrogens is 484 g/mol. The molecule has 0 radical (unpaired) electrons. The van der Waals surface area contributed by atoms with Gasteiger partial charge in [0.15, 0.2) is 17.5 Å². The van der Waals surface area contributed by atoms with E-state index in [9.17, 15) is 4.39 Å². The fraction of sp³-hybridized carbons (Fsp3) is 0.409. The van der Waals surface area contributed by atoms with Crippen LogP contribution in [0.1, 0.15) is 36.8 Å². The predicted molar refractivity (Wildman–Crippen MR) is 125 cm³/mol. The zero-order valence-electron chi connectivity index (χ0n) is 16.9. The number of nitrogens with one attached hydrogen (secondary N) is 1. The maximum atomic E-state index is 13.3. The van der Waals surface area contributed by atoms with E-state index in [1.807, 2.05) is 30.3 Å². The molecule has 5 nitrogen and oxygen atoms in total. The molecule has 2 aromatic carbocycles. The minimum Gasteiger partial charge on any atom is -0.493 e. The molecule has 158 valence electrons. The molecule has 0 aliphatic heterocycles. The highest BCUT2D eigenvalue weighted by Gasteiger charge is 2.35. The molecular formula is C22H29FIN3O2. The number of nitrogens with two attached hydrogens (primary N) is 1. The fourth-order valence-corrected chi connectivity index (χ4v) is 3.89. The maximum absolute atomic E-state index is 13.3. The number of methoxy groups -OCH3 is 2. The Balaban J connectivity index is 0.00000300. The van der Waals surface area contributed by atoms with Crippen molar-refractivity contribution < 1.29 is 13.9 Å². The Bertz CT molecular complexity index is 821. The number of benzene rings is 2. The number of halogens is 2. The number of ether oxygens (including phenoxy) is 2. The van der Waals surface area contributed by atoms with Crippen molar-refractivity contribution in [3.8, 4) is 11.5 Å². The fourth-order valence-electron chi connectivity index (χ4n) is 3.89. The van der Waals surface area contributed by atoms with Gasteiger partial charge in [-0.25, -0.2) is 9.38 Å². The summed E-state index contributed by atoms with van der Waals surface area (Å²) in [5.41, 5.74) is 8.24. The van der Waals surface area contributed by atoms with Gasteiger partial charge in [0.1, 0.15) is 5.82 Å². The van der Waals surface area contributed by atoms with Crippen LogP contribution in [0, 0.1) is 5.82 Å².